The minimum atomic E-state index is -0.233. The SMILES string of the molecule is CCOC(=O)c1ccc(C2CCC(NCc3ccccc3)CC2)cc1. The van der Waals surface area contributed by atoms with E-state index < -0.39 is 0 Å². The van der Waals surface area contributed by atoms with Gasteiger partial charge in [0.2, 0.25) is 0 Å². The Kier molecular flexibility index (Phi) is 6.24. The molecule has 25 heavy (non-hydrogen) atoms. The first-order valence-corrected chi connectivity index (χ1v) is 9.30. The fourth-order valence-electron chi connectivity index (χ4n) is 3.59. The maximum absolute atomic E-state index is 11.7. The van der Waals surface area contributed by atoms with Gasteiger partial charge in [0.25, 0.3) is 0 Å². The topological polar surface area (TPSA) is 38.3 Å². The maximum Gasteiger partial charge on any atom is 0.338 e. The first kappa shape index (κ1) is 17.7. The molecule has 132 valence electrons. The number of hydrogen-bond donors (Lipinski definition) is 1. The lowest BCUT2D eigenvalue weighted by molar-refractivity contribution is 0.0526. The third-order valence-corrected chi connectivity index (χ3v) is 5.06. The molecule has 0 atom stereocenters. The van der Waals surface area contributed by atoms with Gasteiger partial charge in [-0.2, -0.15) is 0 Å². The molecule has 0 aliphatic heterocycles. The summed E-state index contributed by atoms with van der Waals surface area (Å²) in [6.07, 6.45) is 4.81. The van der Waals surface area contributed by atoms with E-state index in [1.165, 1.54) is 36.8 Å². The van der Waals surface area contributed by atoms with Gasteiger partial charge in [-0.1, -0.05) is 42.5 Å². The van der Waals surface area contributed by atoms with Gasteiger partial charge in [0, 0.05) is 12.6 Å². The first-order valence-electron chi connectivity index (χ1n) is 9.30. The van der Waals surface area contributed by atoms with Crippen LogP contribution in [0.4, 0.5) is 0 Å². The summed E-state index contributed by atoms with van der Waals surface area (Å²) in [6.45, 7) is 3.20. The van der Waals surface area contributed by atoms with Crippen molar-refractivity contribution >= 4 is 5.97 Å². The molecular formula is C22H27NO2. The highest BCUT2D eigenvalue weighted by Gasteiger charge is 2.22. The van der Waals surface area contributed by atoms with Crippen LogP contribution in [0.1, 0.15) is 60.0 Å². The molecule has 2 aromatic rings. The average Bonchev–Trinajstić information content (AvgIpc) is 2.68. The molecule has 1 saturated carbocycles. The van der Waals surface area contributed by atoms with Crippen LogP contribution in [0.2, 0.25) is 0 Å². The van der Waals surface area contributed by atoms with E-state index in [0.29, 0.717) is 24.1 Å². The smallest absolute Gasteiger partial charge is 0.338 e. The predicted octanol–water partition coefficient (Wildman–Crippen LogP) is 4.68. The van der Waals surface area contributed by atoms with Gasteiger partial charge in [-0.15, -0.1) is 0 Å². The van der Waals surface area contributed by atoms with E-state index in [9.17, 15) is 4.79 Å². The maximum atomic E-state index is 11.7. The monoisotopic (exact) mass is 337 g/mol. The van der Waals surface area contributed by atoms with Gasteiger partial charge in [0.15, 0.2) is 0 Å². The zero-order valence-electron chi connectivity index (χ0n) is 14.9. The Morgan fingerprint density at radius 2 is 1.68 bits per heavy atom. The molecule has 3 nitrogen and oxygen atoms in total. The van der Waals surface area contributed by atoms with E-state index in [4.69, 9.17) is 4.74 Å². The number of rotatable bonds is 6. The Morgan fingerprint density at radius 3 is 2.32 bits per heavy atom. The van der Waals surface area contributed by atoms with Crippen molar-refractivity contribution in [2.45, 2.75) is 51.1 Å². The second kappa shape index (κ2) is 8.82. The van der Waals surface area contributed by atoms with Gasteiger partial charge in [-0.05, 0) is 61.8 Å². The molecule has 0 radical (unpaired) electrons. The van der Waals surface area contributed by atoms with Crippen molar-refractivity contribution in [3.8, 4) is 0 Å². The fraction of sp³-hybridized carbons (Fsp3) is 0.409. The minimum Gasteiger partial charge on any atom is -0.462 e. The van der Waals surface area contributed by atoms with Crippen molar-refractivity contribution in [3.05, 3.63) is 71.3 Å². The van der Waals surface area contributed by atoms with E-state index in [1.54, 1.807) is 0 Å². The van der Waals surface area contributed by atoms with Crippen molar-refractivity contribution in [1.82, 2.24) is 5.32 Å². The lowest BCUT2D eigenvalue weighted by Gasteiger charge is -2.29. The molecule has 3 rings (SSSR count). The normalized spacial score (nSPS) is 20.2. The second-order valence-electron chi connectivity index (χ2n) is 6.76. The minimum absolute atomic E-state index is 0.233. The predicted molar refractivity (Wildman–Crippen MR) is 101 cm³/mol. The van der Waals surface area contributed by atoms with Gasteiger partial charge in [0.1, 0.15) is 0 Å². The molecule has 1 aliphatic rings. The number of benzene rings is 2. The molecule has 2 aromatic carbocycles. The number of carbonyl (C=O) groups excluding carboxylic acids is 1. The number of carbonyl (C=O) groups is 1. The van der Waals surface area contributed by atoms with Crippen LogP contribution in [-0.2, 0) is 11.3 Å². The highest BCUT2D eigenvalue weighted by atomic mass is 16.5. The fourth-order valence-corrected chi connectivity index (χ4v) is 3.59. The summed E-state index contributed by atoms with van der Waals surface area (Å²) in [4.78, 5) is 11.7. The molecule has 1 fully saturated rings. The third-order valence-electron chi connectivity index (χ3n) is 5.06. The Morgan fingerprint density at radius 1 is 1.00 bits per heavy atom. The average molecular weight is 337 g/mol. The summed E-state index contributed by atoms with van der Waals surface area (Å²) in [5.41, 5.74) is 3.33. The quantitative estimate of drug-likeness (QED) is 0.778. The van der Waals surface area contributed by atoms with Crippen LogP contribution in [0.3, 0.4) is 0 Å². The third kappa shape index (κ3) is 4.93. The zero-order chi connectivity index (χ0) is 17.5. The van der Waals surface area contributed by atoms with Crippen LogP contribution < -0.4 is 5.32 Å². The molecule has 0 bridgehead atoms. The van der Waals surface area contributed by atoms with Crippen molar-refractivity contribution in [2.24, 2.45) is 0 Å². The van der Waals surface area contributed by atoms with Crippen LogP contribution in [0.25, 0.3) is 0 Å². The lowest BCUT2D eigenvalue weighted by Crippen LogP contribution is -2.32. The molecular weight excluding hydrogens is 310 g/mol. The number of ether oxygens (including phenoxy) is 1. The van der Waals surface area contributed by atoms with Crippen molar-refractivity contribution in [3.63, 3.8) is 0 Å². The summed E-state index contributed by atoms with van der Waals surface area (Å²) >= 11 is 0. The Balaban J connectivity index is 1.48. The Bertz CT molecular complexity index is 658. The van der Waals surface area contributed by atoms with Crippen molar-refractivity contribution < 1.29 is 9.53 Å². The summed E-state index contributed by atoms with van der Waals surface area (Å²) in [7, 11) is 0. The highest BCUT2D eigenvalue weighted by molar-refractivity contribution is 5.89. The van der Waals surface area contributed by atoms with E-state index >= 15 is 0 Å². The van der Waals surface area contributed by atoms with Gasteiger partial charge in [-0.25, -0.2) is 4.79 Å². The highest BCUT2D eigenvalue weighted by Crippen LogP contribution is 2.33. The molecule has 0 amide bonds. The Hall–Kier alpha value is -2.13. The van der Waals surface area contributed by atoms with Crippen LogP contribution in [-0.4, -0.2) is 18.6 Å². The molecule has 3 heteroatoms. The number of hydrogen-bond acceptors (Lipinski definition) is 3. The standard InChI is InChI=1S/C22H27NO2/c1-2-25-22(24)20-10-8-18(9-11-20)19-12-14-21(15-13-19)23-16-17-6-4-3-5-7-17/h3-11,19,21,23H,2,12-16H2,1H3. The van der Waals surface area contributed by atoms with Crippen LogP contribution in [0.5, 0.6) is 0 Å². The molecule has 0 saturated heterocycles. The van der Waals surface area contributed by atoms with Crippen LogP contribution in [0.15, 0.2) is 54.6 Å². The molecule has 0 unspecified atom stereocenters. The van der Waals surface area contributed by atoms with E-state index in [-0.39, 0.29) is 5.97 Å². The summed E-state index contributed by atoms with van der Waals surface area (Å²) < 4.78 is 5.04. The van der Waals surface area contributed by atoms with Gasteiger partial charge < -0.3 is 10.1 Å². The van der Waals surface area contributed by atoms with Gasteiger partial charge in [0.05, 0.1) is 12.2 Å². The number of nitrogens with one attached hydrogen (secondary N) is 1. The molecule has 0 aromatic heterocycles. The molecule has 0 heterocycles. The molecule has 1 N–H and O–H groups in total. The Labute approximate surface area is 150 Å². The van der Waals surface area contributed by atoms with E-state index in [1.807, 2.05) is 19.1 Å². The summed E-state index contributed by atoms with van der Waals surface area (Å²) in [5, 5.41) is 3.69. The largest absolute Gasteiger partial charge is 0.462 e. The second-order valence-corrected chi connectivity index (χ2v) is 6.76. The van der Waals surface area contributed by atoms with E-state index in [0.717, 1.165) is 6.54 Å². The molecule has 0 spiro atoms. The zero-order valence-corrected chi connectivity index (χ0v) is 14.9. The van der Waals surface area contributed by atoms with Crippen molar-refractivity contribution in [1.29, 1.82) is 0 Å². The van der Waals surface area contributed by atoms with Crippen LogP contribution >= 0.6 is 0 Å². The van der Waals surface area contributed by atoms with E-state index in [2.05, 4.69) is 47.8 Å². The lowest BCUT2D eigenvalue weighted by atomic mass is 9.81. The van der Waals surface area contributed by atoms with Crippen LogP contribution in [0, 0.1) is 0 Å². The summed E-state index contributed by atoms with van der Waals surface area (Å²) in [5.74, 6) is 0.369. The summed E-state index contributed by atoms with van der Waals surface area (Å²) in [6, 6.07) is 19.2. The first-order chi connectivity index (χ1) is 12.3. The number of esters is 1. The van der Waals surface area contributed by atoms with Gasteiger partial charge in [-0.3, -0.25) is 0 Å². The van der Waals surface area contributed by atoms with Crippen molar-refractivity contribution in [2.75, 3.05) is 6.61 Å². The van der Waals surface area contributed by atoms with Gasteiger partial charge >= 0.3 is 5.97 Å². The molecule has 1 aliphatic carbocycles.